The van der Waals surface area contributed by atoms with Crippen LogP contribution in [0.5, 0.6) is 5.75 Å². The summed E-state index contributed by atoms with van der Waals surface area (Å²) >= 11 is 6.14. The third-order valence-corrected chi connectivity index (χ3v) is 3.11. The minimum Gasteiger partial charge on any atom is -0.497 e. The van der Waals surface area contributed by atoms with Crippen LogP contribution in [0.1, 0.15) is 24.6 Å². The van der Waals surface area contributed by atoms with E-state index in [2.05, 4.69) is 9.97 Å². The van der Waals surface area contributed by atoms with Gasteiger partial charge in [-0.2, -0.15) is 0 Å². The zero-order valence-corrected chi connectivity index (χ0v) is 9.66. The fourth-order valence-corrected chi connectivity index (χ4v) is 1.99. The van der Waals surface area contributed by atoms with E-state index in [-0.39, 0.29) is 0 Å². The van der Waals surface area contributed by atoms with Crippen LogP contribution >= 0.6 is 11.6 Å². The first kappa shape index (κ1) is 9.85. The summed E-state index contributed by atoms with van der Waals surface area (Å²) in [5.74, 6) is 2.17. The van der Waals surface area contributed by atoms with Gasteiger partial charge in [0.15, 0.2) is 0 Å². The van der Waals surface area contributed by atoms with Gasteiger partial charge >= 0.3 is 0 Å². The summed E-state index contributed by atoms with van der Waals surface area (Å²) < 4.78 is 5.17. The number of rotatable bonds is 2. The number of methoxy groups -OCH3 is 1. The number of halogens is 1. The maximum absolute atomic E-state index is 6.14. The summed E-state index contributed by atoms with van der Waals surface area (Å²) in [7, 11) is 1.64. The molecule has 0 bridgehead atoms. The second-order valence-corrected chi connectivity index (χ2v) is 4.39. The van der Waals surface area contributed by atoms with Crippen LogP contribution in [0.25, 0.3) is 10.9 Å². The zero-order chi connectivity index (χ0) is 11.1. The molecule has 1 aliphatic rings. The highest BCUT2D eigenvalue weighted by atomic mass is 35.5. The number of hydrogen-bond donors (Lipinski definition) is 0. The van der Waals surface area contributed by atoms with Crippen molar-refractivity contribution in [2.75, 3.05) is 7.11 Å². The molecule has 1 fully saturated rings. The Morgan fingerprint density at radius 3 is 2.81 bits per heavy atom. The minimum atomic E-state index is 0.508. The Kier molecular flexibility index (Phi) is 2.21. The summed E-state index contributed by atoms with van der Waals surface area (Å²) in [4.78, 5) is 8.86. The summed E-state index contributed by atoms with van der Waals surface area (Å²) in [6, 6.07) is 5.66. The molecule has 3 nitrogen and oxygen atoms in total. The van der Waals surface area contributed by atoms with E-state index in [1.54, 1.807) is 7.11 Å². The smallest absolute Gasteiger partial charge is 0.140 e. The van der Waals surface area contributed by atoms with Crippen LogP contribution in [-0.4, -0.2) is 17.1 Å². The molecule has 1 heterocycles. The summed E-state index contributed by atoms with van der Waals surface area (Å²) in [5, 5.41) is 1.42. The van der Waals surface area contributed by atoms with Gasteiger partial charge in [0.05, 0.1) is 12.6 Å². The third-order valence-electron chi connectivity index (χ3n) is 2.82. The number of hydrogen-bond acceptors (Lipinski definition) is 3. The van der Waals surface area contributed by atoms with Gasteiger partial charge in [-0.05, 0) is 25.0 Å². The van der Waals surface area contributed by atoms with E-state index in [1.807, 2.05) is 18.2 Å². The lowest BCUT2D eigenvalue weighted by atomic mass is 10.2. The molecule has 0 spiro atoms. The molecule has 0 N–H and O–H groups in total. The molecule has 0 radical (unpaired) electrons. The Labute approximate surface area is 98.4 Å². The van der Waals surface area contributed by atoms with Crippen molar-refractivity contribution >= 4 is 22.5 Å². The zero-order valence-electron chi connectivity index (χ0n) is 8.90. The van der Waals surface area contributed by atoms with Crippen LogP contribution in [0, 0.1) is 0 Å². The van der Waals surface area contributed by atoms with Gasteiger partial charge in [0.2, 0.25) is 0 Å². The standard InChI is InChI=1S/C12H11ClN2O/c1-16-8-4-5-9-10(6-8)14-12(7-2-3-7)15-11(9)13/h4-7H,2-3H2,1H3. The molecule has 1 aromatic carbocycles. The molecule has 3 rings (SSSR count). The van der Waals surface area contributed by atoms with E-state index in [4.69, 9.17) is 16.3 Å². The van der Waals surface area contributed by atoms with Gasteiger partial charge < -0.3 is 4.74 Å². The van der Waals surface area contributed by atoms with Gasteiger partial charge in [-0.3, -0.25) is 0 Å². The maximum atomic E-state index is 6.14. The molecule has 0 aliphatic heterocycles. The lowest BCUT2D eigenvalue weighted by Crippen LogP contribution is -1.94. The molecule has 82 valence electrons. The molecule has 1 aromatic heterocycles. The average molecular weight is 235 g/mol. The first-order valence-corrected chi connectivity index (χ1v) is 5.67. The first-order chi connectivity index (χ1) is 7.78. The fourth-order valence-electron chi connectivity index (χ4n) is 1.74. The first-order valence-electron chi connectivity index (χ1n) is 5.29. The van der Waals surface area contributed by atoms with Crippen molar-refractivity contribution in [3.63, 3.8) is 0 Å². The molecule has 0 amide bonds. The van der Waals surface area contributed by atoms with Gasteiger partial charge in [-0.25, -0.2) is 9.97 Å². The Bertz CT molecular complexity index is 552. The minimum absolute atomic E-state index is 0.508. The third kappa shape index (κ3) is 1.61. The van der Waals surface area contributed by atoms with Gasteiger partial charge in [-0.15, -0.1) is 0 Å². The summed E-state index contributed by atoms with van der Waals surface area (Å²) in [5.41, 5.74) is 0.862. The van der Waals surface area contributed by atoms with Crippen LogP contribution in [0.4, 0.5) is 0 Å². The van der Waals surface area contributed by atoms with Crippen molar-refractivity contribution in [2.45, 2.75) is 18.8 Å². The highest BCUT2D eigenvalue weighted by Crippen LogP contribution is 2.39. The fraction of sp³-hybridized carbons (Fsp3) is 0.333. The molecule has 0 saturated heterocycles. The number of ether oxygens (including phenoxy) is 1. The van der Waals surface area contributed by atoms with Crippen molar-refractivity contribution in [3.05, 3.63) is 29.2 Å². The molecule has 16 heavy (non-hydrogen) atoms. The van der Waals surface area contributed by atoms with Crippen LogP contribution in [0.3, 0.4) is 0 Å². The number of benzene rings is 1. The normalized spacial score (nSPS) is 15.4. The molecule has 2 aromatic rings. The van der Waals surface area contributed by atoms with Crippen molar-refractivity contribution in [1.82, 2.24) is 9.97 Å². The second-order valence-electron chi connectivity index (χ2n) is 4.03. The Hall–Kier alpha value is -1.35. The lowest BCUT2D eigenvalue weighted by Gasteiger charge is -2.05. The molecular formula is C12H11ClN2O. The second kappa shape index (κ2) is 3.59. The van der Waals surface area contributed by atoms with Gasteiger partial charge in [0.1, 0.15) is 16.7 Å². The predicted octanol–water partition coefficient (Wildman–Crippen LogP) is 3.17. The molecule has 0 atom stereocenters. The Balaban J connectivity index is 2.21. The Morgan fingerprint density at radius 2 is 2.12 bits per heavy atom. The molecule has 1 aliphatic carbocycles. The van der Waals surface area contributed by atoms with Crippen molar-refractivity contribution in [3.8, 4) is 5.75 Å². The van der Waals surface area contributed by atoms with E-state index in [9.17, 15) is 0 Å². The average Bonchev–Trinajstić information content (AvgIpc) is 3.12. The van der Waals surface area contributed by atoms with Crippen LogP contribution in [0.2, 0.25) is 5.15 Å². The predicted molar refractivity (Wildman–Crippen MR) is 63.1 cm³/mol. The van der Waals surface area contributed by atoms with E-state index in [1.165, 1.54) is 12.8 Å². The highest BCUT2D eigenvalue weighted by Gasteiger charge is 2.27. The Morgan fingerprint density at radius 1 is 1.31 bits per heavy atom. The number of aromatic nitrogens is 2. The van der Waals surface area contributed by atoms with E-state index in [0.717, 1.165) is 22.5 Å². The molecular weight excluding hydrogens is 224 g/mol. The van der Waals surface area contributed by atoms with Gasteiger partial charge in [0.25, 0.3) is 0 Å². The van der Waals surface area contributed by atoms with E-state index >= 15 is 0 Å². The van der Waals surface area contributed by atoms with Gasteiger partial charge in [0, 0.05) is 17.4 Å². The molecule has 4 heteroatoms. The SMILES string of the molecule is COc1ccc2c(Cl)nc(C3CC3)nc2c1. The van der Waals surface area contributed by atoms with Crippen LogP contribution in [0.15, 0.2) is 18.2 Å². The quantitative estimate of drug-likeness (QED) is 0.749. The maximum Gasteiger partial charge on any atom is 0.140 e. The largest absolute Gasteiger partial charge is 0.497 e. The number of fused-ring (bicyclic) bond motifs is 1. The number of nitrogens with zero attached hydrogens (tertiary/aromatic N) is 2. The van der Waals surface area contributed by atoms with E-state index < -0.39 is 0 Å². The summed E-state index contributed by atoms with van der Waals surface area (Å²) in [6.45, 7) is 0. The highest BCUT2D eigenvalue weighted by molar-refractivity contribution is 6.34. The topological polar surface area (TPSA) is 35.0 Å². The van der Waals surface area contributed by atoms with Crippen molar-refractivity contribution in [2.24, 2.45) is 0 Å². The monoisotopic (exact) mass is 234 g/mol. The van der Waals surface area contributed by atoms with Crippen LogP contribution < -0.4 is 4.74 Å². The lowest BCUT2D eigenvalue weighted by molar-refractivity contribution is 0.415. The van der Waals surface area contributed by atoms with Crippen LogP contribution in [-0.2, 0) is 0 Å². The van der Waals surface area contributed by atoms with Gasteiger partial charge in [-0.1, -0.05) is 11.6 Å². The van der Waals surface area contributed by atoms with Crippen molar-refractivity contribution in [1.29, 1.82) is 0 Å². The van der Waals surface area contributed by atoms with Crippen molar-refractivity contribution < 1.29 is 4.74 Å². The molecule has 0 unspecified atom stereocenters. The summed E-state index contributed by atoms with van der Waals surface area (Å²) in [6.07, 6.45) is 2.34. The van der Waals surface area contributed by atoms with E-state index in [0.29, 0.717) is 11.1 Å². The molecule has 1 saturated carbocycles.